The SMILES string of the molecule is CCOC(CO)CC(CO)CO. The molecule has 0 aromatic carbocycles. The summed E-state index contributed by atoms with van der Waals surface area (Å²) in [6.45, 7) is 2.18. The molecule has 1 atom stereocenters. The van der Waals surface area contributed by atoms with Crippen molar-refractivity contribution in [3.63, 3.8) is 0 Å². The van der Waals surface area contributed by atoms with Crippen LogP contribution in [0.15, 0.2) is 0 Å². The van der Waals surface area contributed by atoms with Gasteiger partial charge in [-0.3, -0.25) is 0 Å². The number of hydrogen-bond acceptors (Lipinski definition) is 4. The molecule has 0 aromatic heterocycles. The van der Waals surface area contributed by atoms with Gasteiger partial charge in [-0.2, -0.15) is 0 Å². The van der Waals surface area contributed by atoms with E-state index in [0.717, 1.165) is 0 Å². The Morgan fingerprint density at radius 3 is 2.00 bits per heavy atom. The van der Waals surface area contributed by atoms with Crippen molar-refractivity contribution < 1.29 is 20.1 Å². The van der Waals surface area contributed by atoms with Gasteiger partial charge in [0.1, 0.15) is 0 Å². The van der Waals surface area contributed by atoms with Crippen LogP contribution >= 0.6 is 0 Å². The van der Waals surface area contributed by atoms with E-state index in [1.165, 1.54) is 0 Å². The van der Waals surface area contributed by atoms with Crippen LogP contribution in [-0.4, -0.2) is 47.9 Å². The van der Waals surface area contributed by atoms with Crippen LogP contribution in [0.2, 0.25) is 0 Å². The minimum Gasteiger partial charge on any atom is -0.396 e. The molecule has 0 aliphatic heterocycles. The molecule has 1 unspecified atom stereocenters. The Balaban J connectivity index is 3.65. The summed E-state index contributed by atoms with van der Waals surface area (Å²) in [4.78, 5) is 0. The van der Waals surface area contributed by atoms with Crippen LogP contribution in [0.4, 0.5) is 0 Å². The molecule has 12 heavy (non-hydrogen) atoms. The second kappa shape index (κ2) is 7.49. The molecule has 0 saturated heterocycles. The average molecular weight is 178 g/mol. The van der Waals surface area contributed by atoms with Crippen LogP contribution in [0.1, 0.15) is 13.3 Å². The first-order chi connectivity index (χ1) is 5.78. The minimum atomic E-state index is -0.265. The monoisotopic (exact) mass is 178 g/mol. The summed E-state index contributed by atoms with van der Waals surface area (Å²) in [6, 6.07) is 0. The average Bonchev–Trinajstić information content (AvgIpc) is 2.12. The molecule has 0 heterocycles. The van der Waals surface area contributed by atoms with E-state index in [1.807, 2.05) is 6.92 Å². The maximum atomic E-state index is 8.81. The lowest BCUT2D eigenvalue weighted by Crippen LogP contribution is -2.25. The van der Waals surface area contributed by atoms with Crippen LogP contribution in [0.3, 0.4) is 0 Å². The van der Waals surface area contributed by atoms with Gasteiger partial charge in [-0.25, -0.2) is 0 Å². The molecule has 0 aliphatic rings. The highest BCUT2D eigenvalue weighted by Gasteiger charge is 2.14. The maximum absolute atomic E-state index is 8.81. The Hall–Kier alpha value is -0.160. The molecule has 0 radical (unpaired) electrons. The van der Waals surface area contributed by atoms with Crippen molar-refractivity contribution in [2.45, 2.75) is 19.4 Å². The summed E-state index contributed by atoms with van der Waals surface area (Å²) >= 11 is 0. The Labute approximate surface area is 72.8 Å². The summed E-state index contributed by atoms with van der Waals surface area (Å²) < 4.78 is 5.15. The van der Waals surface area contributed by atoms with Gasteiger partial charge in [0.2, 0.25) is 0 Å². The molecular weight excluding hydrogens is 160 g/mol. The molecule has 0 aromatic rings. The lowest BCUT2D eigenvalue weighted by atomic mass is 10.0. The van der Waals surface area contributed by atoms with Gasteiger partial charge in [-0.05, 0) is 13.3 Å². The van der Waals surface area contributed by atoms with E-state index in [0.29, 0.717) is 13.0 Å². The van der Waals surface area contributed by atoms with Crippen molar-refractivity contribution in [2.75, 3.05) is 26.4 Å². The van der Waals surface area contributed by atoms with Gasteiger partial charge < -0.3 is 20.1 Å². The highest BCUT2D eigenvalue weighted by atomic mass is 16.5. The Kier molecular flexibility index (Phi) is 7.39. The number of aliphatic hydroxyl groups excluding tert-OH is 3. The van der Waals surface area contributed by atoms with Crippen LogP contribution in [0, 0.1) is 5.92 Å². The number of aliphatic hydroxyl groups is 3. The molecule has 0 fully saturated rings. The van der Waals surface area contributed by atoms with Crippen LogP contribution in [-0.2, 0) is 4.74 Å². The van der Waals surface area contributed by atoms with E-state index in [9.17, 15) is 0 Å². The van der Waals surface area contributed by atoms with E-state index < -0.39 is 0 Å². The predicted molar refractivity (Wildman–Crippen MR) is 44.8 cm³/mol. The van der Waals surface area contributed by atoms with E-state index in [1.54, 1.807) is 0 Å². The molecule has 0 saturated carbocycles. The maximum Gasteiger partial charge on any atom is 0.0809 e. The molecule has 0 rings (SSSR count). The highest BCUT2D eigenvalue weighted by molar-refractivity contribution is 4.63. The van der Waals surface area contributed by atoms with Gasteiger partial charge in [0.15, 0.2) is 0 Å². The third-order valence-electron chi connectivity index (χ3n) is 1.72. The van der Waals surface area contributed by atoms with Crippen LogP contribution < -0.4 is 0 Å². The number of rotatable bonds is 7. The third-order valence-corrected chi connectivity index (χ3v) is 1.72. The van der Waals surface area contributed by atoms with Crippen LogP contribution in [0.25, 0.3) is 0 Å². The van der Waals surface area contributed by atoms with Gasteiger partial charge in [0, 0.05) is 25.7 Å². The highest BCUT2D eigenvalue weighted by Crippen LogP contribution is 2.08. The first kappa shape index (κ1) is 11.8. The van der Waals surface area contributed by atoms with E-state index in [4.69, 9.17) is 20.1 Å². The van der Waals surface area contributed by atoms with Crippen molar-refractivity contribution in [3.05, 3.63) is 0 Å². The Bertz CT molecular complexity index is 93.1. The molecular formula is C8H18O4. The zero-order valence-electron chi connectivity index (χ0n) is 7.44. The first-order valence-corrected chi connectivity index (χ1v) is 4.22. The van der Waals surface area contributed by atoms with E-state index in [-0.39, 0.29) is 31.8 Å². The zero-order valence-corrected chi connectivity index (χ0v) is 7.44. The van der Waals surface area contributed by atoms with Crippen molar-refractivity contribution in [1.29, 1.82) is 0 Å². The Morgan fingerprint density at radius 2 is 1.67 bits per heavy atom. The van der Waals surface area contributed by atoms with Crippen molar-refractivity contribution in [3.8, 4) is 0 Å². The smallest absolute Gasteiger partial charge is 0.0809 e. The molecule has 0 bridgehead atoms. The fraction of sp³-hybridized carbons (Fsp3) is 1.00. The molecule has 0 aliphatic carbocycles. The molecule has 0 spiro atoms. The van der Waals surface area contributed by atoms with Gasteiger partial charge >= 0.3 is 0 Å². The summed E-state index contributed by atoms with van der Waals surface area (Å²) in [6.07, 6.45) is 0.233. The lowest BCUT2D eigenvalue weighted by molar-refractivity contribution is -0.00765. The normalized spacial score (nSPS) is 13.8. The predicted octanol–water partition coefficient (Wildman–Crippen LogP) is -0.625. The first-order valence-electron chi connectivity index (χ1n) is 4.22. The van der Waals surface area contributed by atoms with Crippen LogP contribution in [0.5, 0.6) is 0 Å². The topological polar surface area (TPSA) is 69.9 Å². The second-order valence-electron chi connectivity index (χ2n) is 2.73. The van der Waals surface area contributed by atoms with Gasteiger partial charge in [-0.1, -0.05) is 0 Å². The number of hydrogen-bond donors (Lipinski definition) is 3. The molecule has 0 amide bonds. The zero-order chi connectivity index (χ0) is 9.40. The number of ether oxygens (including phenoxy) is 1. The van der Waals surface area contributed by atoms with E-state index >= 15 is 0 Å². The van der Waals surface area contributed by atoms with Gasteiger partial charge in [-0.15, -0.1) is 0 Å². The lowest BCUT2D eigenvalue weighted by Gasteiger charge is -2.18. The second-order valence-corrected chi connectivity index (χ2v) is 2.73. The quantitative estimate of drug-likeness (QED) is 0.485. The fourth-order valence-electron chi connectivity index (χ4n) is 1.01. The van der Waals surface area contributed by atoms with Gasteiger partial charge in [0.25, 0.3) is 0 Å². The van der Waals surface area contributed by atoms with Crippen molar-refractivity contribution >= 4 is 0 Å². The summed E-state index contributed by atoms with van der Waals surface area (Å²) in [5, 5.41) is 26.3. The third kappa shape index (κ3) is 4.66. The van der Waals surface area contributed by atoms with Gasteiger partial charge in [0.05, 0.1) is 12.7 Å². The largest absolute Gasteiger partial charge is 0.396 e. The minimum absolute atomic E-state index is 0.0651. The van der Waals surface area contributed by atoms with Crippen molar-refractivity contribution in [1.82, 2.24) is 0 Å². The summed E-state index contributed by atoms with van der Waals surface area (Å²) in [5.74, 6) is -0.186. The molecule has 4 heteroatoms. The van der Waals surface area contributed by atoms with Crippen molar-refractivity contribution in [2.24, 2.45) is 5.92 Å². The fourth-order valence-corrected chi connectivity index (χ4v) is 1.01. The standard InChI is InChI=1S/C8H18O4/c1-2-12-8(6-11)3-7(4-9)5-10/h7-11H,2-6H2,1H3. The molecule has 4 nitrogen and oxygen atoms in total. The molecule has 3 N–H and O–H groups in total. The Morgan fingerprint density at radius 1 is 1.08 bits per heavy atom. The summed E-state index contributed by atoms with van der Waals surface area (Å²) in [5.41, 5.74) is 0. The molecule has 74 valence electrons. The van der Waals surface area contributed by atoms with E-state index in [2.05, 4.69) is 0 Å². The summed E-state index contributed by atoms with van der Waals surface area (Å²) in [7, 11) is 0.